The van der Waals surface area contributed by atoms with Gasteiger partial charge in [-0.1, -0.05) is 25.5 Å². The van der Waals surface area contributed by atoms with Crippen molar-refractivity contribution in [3.05, 3.63) is 68.8 Å². The summed E-state index contributed by atoms with van der Waals surface area (Å²) >= 11 is 3.68. The summed E-state index contributed by atoms with van der Waals surface area (Å²) in [6.07, 6.45) is 3.29. The lowest BCUT2D eigenvalue weighted by Gasteiger charge is -2.35. The van der Waals surface area contributed by atoms with Crippen LogP contribution in [0, 0.1) is 28.6 Å². The molecule has 210 valence electrons. The molecule has 0 spiro atoms. The number of carbonyl (C=O) groups excluding carboxylic acids is 1. The van der Waals surface area contributed by atoms with Crippen molar-refractivity contribution in [2.24, 2.45) is 16.8 Å². The van der Waals surface area contributed by atoms with Crippen molar-refractivity contribution in [3.63, 3.8) is 0 Å². The normalized spacial score (nSPS) is 20.4. The van der Waals surface area contributed by atoms with Gasteiger partial charge in [-0.3, -0.25) is 15.2 Å². The third kappa shape index (κ3) is 6.31. The Kier molecular flexibility index (Phi) is 9.80. The predicted octanol–water partition coefficient (Wildman–Crippen LogP) is 7.52. The van der Waals surface area contributed by atoms with Crippen LogP contribution in [0.3, 0.4) is 0 Å². The number of nitriles is 1. The highest BCUT2D eigenvalue weighted by Gasteiger charge is 2.41. The number of nitrogens with zero attached hydrogens (tertiary/aromatic N) is 2. The van der Waals surface area contributed by atoms with E-state index in [1.54, 1.807) is 0 Å². The van der Waals surface area contributed by atoms with Gasteiger partial charge in [-0.15, -0.1) is 0 Å². The van der Waals surface area contributed by atoms with Crippen LogP contribution in [0.4, 0.5) is 0 Å². The molecule has 0 fully saturated rings. The van der Waals surface area contributed by atoms with Crippen molar-refractivity contribution in [1.82, 2.24) is 0 Å². The van der Waals surface area contributed by atoms with E-state index in [9.17, 15) is 10.1 Å². The highest BCUT2D eigenvalue weighted by atomic mass is 79.9. The van der Waals surface area contributed by atoms with E-state index >= 15 is 0 Å². The summed E-state index contributed by atoms with van der Waals surface area (Å²) in [5.41, 5.74) is 4.71. The van der Waals surface area contributed by atoms with Crippen molar-refractivity contribution in [2.75, 3.05) is 13.2 Å². The molecule has 0 saturated heterocycles. The zero-order valence-electron chi connectivity index (χ0n) is 23.6. The Labute approximate surface area is 244 Å². The third-order valence-corrected chi connectivity index (χ3v) is 7.98. The average molecular weight is 607 g/mol. The Hall–Kier alpha value is -3.44. The van der Waals surface area contributed by atoms with Gasteiger partial charge in [0.2, 0.25) is 5.90 Å². The summed E-state index contributed by atoms with van der Waals surface area (Å²) in [7, 11) is 0. The largest absolute Gasteiger partial charge is 0.490 e. The summed E-state index contributed by atoms with van der Waals surface area (Å²) in [6.45, 7) is 8.95. The summed E-state index contributed by atoms with van der Waals surface area (Å²) in [5.74, 6) is 0.689. The van der Waals surface area contributed by atoms with Gasteiger partial charge in [0.1, 0.15) is 6.61 Å². The number of rotatable bonds is 10. The molecule has 8 heteroatoms. The van der Waals surface area contributed by atoms with Crippen molar-refractivity contribution >= 4 is 33.3 Å². The number of ether oxygens (including phenoxy) is 3. The van der Waals surface area contributed by atoms with Crippen LogP contribution >= 0.6 is 15.9 Å². The number of nitrogens with one attached hydrogen (secondary N) is 1. The van der Waals surface area contributed by atoms with Gasteiger partial charge < -0.3 is 14.2 Å². The van der Waals surface area contributed by atoms with Crippen molar-refractivity contribution in [3.8, 4) is 17.6 Å². The Morgan fingerprint density at radius 1 is 1.12 bits per heavy atom. The number of ketones is 1. The van der Waals surface area contributed by atoms with E-state index in [-0.39, 0.29) is 11.7 Å². The number of hydrogen-bond donors (Lipinski definition) is 1. The van der Waals surface area contributed by atoms with Crippen LogP contribution < -0.4 is 9.47 Å². The molecule has 0 saturated carbocycles. The third-order valence-electron chi connectivity index (χ3n) is 7.39. The molecule has 2 aliphatic rings. The van der Waals surface area contributed by atoms with Crippen LogP contribution in [-0.4, -0.2) is 30.6 Å². The molecule has 3 atom stereocenters. The zero-order chi connectivity index (χ0) is 28.8. The van der Waals surface area contributed by atoms with Crippen LogP contribution in [0.1, 0.15) is 76.0 Å². The van der Waals surface area contributed by atoms with Gasteiger partial charge in [-0.25, -0.2) is 0 Å². The Morgan fingerprint density at radius 3 is 2.52 bits per heavy atom. The second-order valence-corrected chi connectivity index (χ2v) is 11.0. The Morgan fingerprint density at radius 2 is 1.88 bits per heavy atom. The van der Waals surface area contributed by atoms with Gasteiger partial charge in [0.15, 0.2) is 17.3 Å². The van der Waals surface area contributed by atoms with Crippen molar-refractivity contribution in [1.29, 1.82) is 10.7 Å². The number of allylic oxidation sites excluding steroid dienone is 2. The van der Waals surface area contributed by atoms with Crippen LogP contribution in [0.15, 0.2) is 57.1 Å². The van der Waals surface area contributed by atoms with E-state index in [2.05, 4.69) is 28.9 Å². The van der Waals surface area contributed by atoms with Crippen molar-refractivity contribution < 1.29 is 19.0 Å². The molecule has 2 aromatic carbocycles. The molecule has 2 aromatic rings. The minimum Gasteiger partial charge on any atom is -0.490 e. The van der Waals surface area contributed by atoms with E-state index in [1.165, 1.54) is 0 Å². The second-order valence-electron chi connectivity index (χ2n) is 10.2. The van der Waals surface area contributed by atoms with Gasteiger partial charge in [-0.2, -0.15) is 5.26 Å². The van der Waals surface area contributed by atoms with Gasteiger partial charge in [0, 0.05) is 34.9 Å². The molecule has 1 aliphatic heterocycles. The molecule has 0 aromatic heterocycles. The first-order chi connectivity index (χ1) is 19.3. The fraction of sp³-hybridized carbons (Fsp3) is 0.438. The Bertz CT molecular complexity index is 1370. The molecule has 0 bridgehead atoms. The molecule has 1 aliphatic carbocycles. The molecule has 40 heavy (non-hydrogen) atoms. The minimum atomic E-state index is -0.535. The molecular weight excluding hydrogens is 570 g/mol. The van der Waals surface area contributed by atoms with Crippen LogP contribution in [0.5, 0.6) is 11.5 Å². The lowest BCUT2D eigenvalue weighted by atomic mass is 9.70. The van der Waals surface area contributed by atoms with Crippen molar-refractivity contribution in [2.45, 2.75) is 65.9 Å². The van der Waals surface area contributed by atoms with E-state index in [0.29, 0.717) is 59.3 Å². The molecule has 3 unspecified atom stereocenters. The molecule has 4 rings (SSSR count). The van der Waals surface area contributed by atoms with Crippen LogP contribution in [-0.2, 0) is 16.1 Å². The molecule has 1 heterocycles. The second kappa shape index (κ2) is 13.3. The van der Waals surface area contributed by atoms with Gasteiger partial charge >= 0.3 is 0 Å². The topological polar surface area (TPSA) is 105 Å². The maximum Gasteiger partial charge on any atom is 0.213 e. The first-order valence-corrected chi connectivity index (χ1v) is 14.7. The molecule has 7 nitrogen and oxygen atoms in total. The first kappa shape index (κ1) is 29.5. The number of aliphatic imine (C=N–C) groups is 1. The molecule has 0 radical (unpaired) electrons. The van der Waals surface area contributed by atoms with E-state index in [0.717, 1.165) is 41.8 Å². The molecule has 1 N–H and O–H groups in total. The maximum atomic E-state index is 13.5. The van der Waals surface area contributed by atoms with Crippen LogP contribution in [0.25, 0.3) is 0 Å². The summed E-state index contributed by atoms with van der Waals surface area (Å²) < 4.78 is 18.2. The highest BCUT2D eigenvalue weighted by molar-refractivity contribution is 9.10. The minimum absolute atomic E-state index is 0.0940. The quantitative estimate of drug-likeness (QED) is 0.223. The standard InChI is InChI=1S/C32H36BrN3O4/c1-5-8-21-13-26-30(27(37)14-21)29(24(17-34)19(4)36-26)23-15-25(33)31(28(16-23)38-6-2)40-18-20-9-11-22(12-10-20)32(35)39-7-3/h9-12,15-16,21,24,29,35H,5-8,13-14,18H2,1-4H3. The number of hydrogen-bond acceptors (Lipinski definition) is 7. The predicted molar refractivity (Wildman–Crippen MR) is 159 cm³/mol. The summed E-state index contributed by atoms with van der Waals surface area (Å²) in [4.78, 5) is 18.2. The Balaban J connectivity index is 1.65. The SMILES string of the molecule is CCCC1CC(=O)C2=C(C1)N=C(C)C(C#N)C2c1cc(Br)c(OCc2ccc(C(=N)OCC)cc2)c(OCC)c1. The van der Waals surface area contributed by atoms with Gasteiger partial charge in [0.05, 0.1) is 29.7 Å². The van der Waals surface area contributed by atoms with E-state index < -0.39 is 11.8 Å². The van der Waals surface area contributed by atoms with E-state index in [1.807, 2.05) is 57.2 Å². The van der Waals surface area contributed by atoms with E-state index in [4.69, 9.17) is 24.6 Å². The highest BCUT2D eigenvalue weighted by Crippen LogP contribution is 2.48. The number of benzene rings is 2. The molecule has 0 amide bonds. The van der Waals surface area contributed by atoms with Crippen LogP contribution in [0.2, 0.25) is 0 Å². The molecular formula is C32H36BrN3O4. The fourth-order valence-corrected chi connectivity index (χ4v) is 6.16. The zero-order valence-corrected chi connectivity index (χ0v) is 25.1. The first-order valence-electron chi connectivity index (χ1n) is 13.9. The number of carbonyl (C=O) groups is 1. The monoisotopic (exact) mass is 605 g/mol. The number of Topliss-reactive ketones (excluding diaryl/α,β-unsaturated/α-hetero) is 1. The summed E-state index contributed by atoms with van der Waals surface area (Å²) in [6, 6.07) is 13.7. The maximum absolute atomic E-state index is 13.5. The van der Waals surface area contributed by atoms with Gasteiger partial charge in [0.25, 0.3) is 0 Å². The summed E-state index contributed by atoms with van der Waals surface area (Å²) in [5, 5.41) is 18.1. The average Bonchev–Trinajstić information content (AvgIpc) is 2.92. The fourth-order valence-electron chi connectivity index (χ4n) is 5.58. The van der Waals surface area contributed by atoms with Gasteiger partial charge in [-0.05, 0) is 90.9 Å². The smallest absolute Gasteiger partial charge is 0.213 e. The number of halogens is 1. The lowest BCUT2D eigenvalue weighted by molar-refractivity contribution is -0.117. The lowest BCUT2D eigenvalue weighted by Crippen LogP contribution is -2.32.